The van der Waals surface area contributed by atoms with Gasteiger partial charge in [-0.2, -0.15) is 0 Å². The standard InChI is InChI=1S/C10H14O.C2H4/c1-9-4-6-10(7-5-9)3-2-8-11;1-2/h4-7,11H,2-3,8H2,1H3;1-2H2. The van der Waals surface area contributed by atoms with E-state index < -0.39 is 0 Å². The van der Waals surface area contributed by atoms with Crippen molar-refractivity contribution < 1.29 is 5.11 Å². The third kappa shape index (κ3) is 5.21. The molecule has 0 aromatic heterocycles. The fourth-order valence-corrected chi connectivity index (χ4v) is 1.04. The molecular weight excluding hydrogens is 160 g/mol. The molecule has 1 nitrogen and oxygen atoms in total. The Kier molecular flexibility index (Phi) is 6.93. The van der Waals surface area contributed by atoms with Crippen LogP contribution < -0.4 is 0 Å². The van der Waals surface area contributed by atoms with Crippen LogP contribution in [0.3, 0.4) is 0 Å². The second-order valence-corrected chi connectivity index (χ2v) is 2.81. The first kappa shape index (κ1) is 11.9. The Morgan fingerprint density at radius 2 is 1.69 bits per heavy atom. The van der Waals surface area contributed by atoms with E-state index in [1.54, 1.807) is 0 Å². The van der Waals surface area contributed by atoms with Crippen molar-refractivity contribution in [1.82, 2.24) is 0 Å². The topological polar surface area (TPSA) is 20.2 Å². The first-order chi connectivity index (χ1) is 6.33. The minimum Gasteiger partial charge on any atom is -0.396 e. The zero-order valence-electron chi connectivity index (χ0n) is 8.29. The van der Waals surface area contributed by atoms with Gasteiger partial charge in [0.15, 0.2) is 0 Å². The van der Waals surface area contributed by atoms with Crippen LogP contribution in [0.1, 0.15) is 17.5 Å². The molecule has 0 spiro atoms. The molecule has 0 amide bonds. The maximum absolute atomic E-state index is 8.58. The number of aryl methyl sites for hydroxylation is 2. The Hall–Kier alpha value is -1.08. The zero-order valence-corrected chi connectivity index (χ0v) is 8.29. The van der Waals surface area contributed by atoms with E-state index in [0.717, 1.165) is 12.8 Å². The van der Waals surface area contributed by atoms with Crippen LogP contribution >= 0.6 is 0 Å². The molecule has 0 heterocycles. The van der Waals surface area contributed by atoms with Crippen molar-refractivity contribution in [2.45, 2.75) is 19.8 Å². The third-order valence-electron chi connectivity index (χ3n) is 1.74. The number of rotatable bonds is 3. The molecule has 0 unspecified atom stereocenters. The summed E-state index contributed by atoms with van der Waals surface area (Å²) in [5.41, 5.74) is 2.60. The zero-order chi connectivity index (χ0) is 10.1. The van der Waals surface area contributed by atoms with Gasteiger partial charge in [-0.25, -0.2) is 0 Å². The number of hydrogen-bond donors (Lipinski definition) is 1. The van der Waals surface area contributed by atoms with Gasteiger partial charge in [0.05, 0.1) is 0 Å². The molecule has 0 aliphatic rings. The van der Waals surface area contributed by atoms with Gasteiger partial charge in [0, 0.05) is 6.61 Å². The maximum atomic E-state index is 8.58. The summed E-state index contributed by atoms with van der Waals surface area (Å²) in [5, 5.41) is 8.58. The van der Waals surface area contributed by atoms with E-state index in [2.05, 4.69) is 44.3 Å². The fourth-order valence-electron chi connectivity index (χ4n) is 1.04. The lowest BCUT2D eigenvalue weighted by molar-refractivity contribution is 0.288. The maximum Gasteiger partial charge on any atom is 0.0434 e. The number of hydrogen-bond acceptors (Lipinski definition) is 1. The highest BCUT2D eigenvalue weighted by Gasteiger charge is 1.90. The summed E-state index contributed by atoms with van der Waals surface area (Å²) in [6.45, 7) is 8.36. The number of aliphatic hydroxyl groups is 1. The molecule has 0 bridgehead atoms. The van der Waals surface area contributed by atoms with Crippen LogP contribution in [-0.2, 0) is 6.42 Å². The van der Waals surface area contributed by atoms with Crippen LogP contribution in [0, 0.1) is 6.92 Å². The summed E-state index contributed by atoms with van der Waals surface area (Å²) < 4.78 is 0. The summed E-state index contributed by atoms with van der Waals surface area (Å²) in [4.78, 5) is 0. The van der Waals surface area contributed by atoms with E-state index in [1.165, 1.54) is 11.1 Å². The smallest absolute Gasteiger partial charge is 0.0434 e. The Morgan fingerprint density at radius 1 is 1.15 bits per heavy atom. The molecule has 0 saturated carbocycles. The largest absolute Gasteiger partial charge is 0.396 e. The first-order valence-electron chi connectivity index (χ1n) is 4.49. The molecule has 0 saturated heterocycles. The van der Waals surface area contributed by atoms with Gasteiger partial charge < -0.3 is 5.11 Å². The number of aliphatic hydroxyl groups excluding tert-OH is 1. The van der Waals surface area contributed by atoms with Crippen molar-refractivity contribution >= 4 is 0 Å². The normalized spacial score (nSPS) is 8.77. The molecule has 0 atom stereocenters. The lowest BCUT2D eigenvalue weighted by atomic mass is 10.1. The van der Waals surface area contributed by atoms with E-state index in [1.807, 2.05) is 0 Å². The van der Waals surface area contributed by atoms with E-state index in [9.17, 15) is 0 Å². The molecule has 1 aromatic rings. The Bertz CT molecular complexity index is 213. The van der Waals surface area contributed by atoms with E-state index in [-0.39, 0.29) is 6.61 Å². The molecule has 1 rings (SSSR count). The van der Waals surface area contributed by atoms with Crippen LogP contribution in [-0.4, -0.2) is 11.7 Å². The second-order valence-electron chi connectivity index (χ2n) is 2.81. The minimum atomic E-state index is 0.286. The highest BCUT2D eigenvalue weighted by Crippen LogP contribution is 2.04. The molecule has 0 aliphatic carbocycles. The molecule has 0 fully saturated rings. The van der Waals surface area contributed by atoms with Gasteiger partial charge in [0.25, 0.3) is 0 Å². The summed E-state index contributed by atoms with van der Waals surface area (Å²) in [5.74, 6) is 0. The van der Waals surface area contributed by atoms with Crippen molar-refractivity contribution in [2.24, 2.45) is 0 Å². The summed E-state index contributed by atoms with van der Waals surface area (Å²) in [6, 6.07) is 8.44. The first-order valence-corrected chi connectivity index (χ1v) is 4.49. The van der Waals surface area contributed by atoms with Gasteiger partial charge in [0.2, 0.25) is 0 Å². The van der Waals surface area contributed by atoms with Gasteiger partial charge >= 0.3 is 0 Å². The third-order valence-corrected chi connectivity index (χ3v) is 1.74. The van der Waals surface area contributed by atoms with Crippen molar-refractivity contribution in [2.75, 3.05) is 6.61 Å². The van der Waals surface area contributed by atoms with Gasteiger partial charge in [0.1, 0.15) is 0 Å². The Morgan fingerprint density at radius 3 is 2.15 bits per heavy atom. The Balaban J connectivity index is 0.000000671. The number of benzene rings is 1. The lowest BCUT2D eigenvalue weighted by Gasteiger charge is -1.98. The van der Waals surface area contributed by atoms with Crippen molar-refractivity contribution in [3.63, 3.8) is 0 Å². The summed E-state index contributed by atoms with van der Waals surface area (Å²) >= 11 is 0. The molecular formula is C12H18O. The highest BCUT2D eigenvalue weighted by atomic mass is 16.2. The van der Waals surface area contributed by atoms with Crippen LogP contribution in [0.15, 0.2) is 37.4 Å². The van der Waals surface area contributed by atoms with E-state index in [4.69, 9.17) is 5.11 Å². The van der Waals surface area contributed by atoms with E-state index >= 15 is 0 Å². The van der Waals surface area contributed by atoms with Crippen molar-refractivity contribution in [3.05, 3.63) is 48.6 Å². The molecule has 0 radical (unpaired) electrons. The SMILES string of the molecule is C=C.Cc1ccc(CCCO)cc1. The van der Waals surface area contributed by atoms with E-state index in [0.29, 0.717) is 0 Å². The minimum absolute atomic E-state index is 0.286. The molecule has 1 N–H and O–H groups in total. The summed E-state index contributed by atoms with van der Waals surface area (Å²) in [7, 11) is 0. The van der Waals surface area contributed by atoms with Crippen LogP contribution in [0.2, 0.25) is 0 Å². The van der Waals surface area contributed by atoms with Crippen molar-refractivity contribution in [1.29, 1.82) is 0 Å². The second kappa shape index (κ2) is 7.56. The highest BCUT2D eigenvalue weighted by molar-refractivity contribution is 5.21. The average Bonchev–Trinajstić information content (AvgIpc) is 2.20. The molecule has 0 aliphatic heterocycles. The Labute approximate surface area is 80.7 Å². The average molecular weight is 178 g/mol. The molecule has 13 heavy (non-hydrogen) atoms. The fraction of sp³-hybridized carbons (Fsp3) is 0.333. The van der Waals surface area contributed by atoms with Gasteiger partial charge in [-0.05, 0) is 25.3 Å². The van der Waals surface area contributed by atoms with Crippen LogP contribution in [0.25, 0.3) is 0 Å². The molecule has 1 heteroatoms. The van der Waals surface area contributed by atoms with Gasteiger partial charge in [-0.15, -0.1) is 13.2 Å². The molecule has 72 valence electrons. The van der Waals surface area contributed by atoms with Crippen LogP contribution in [0.4, 0.5) is 0 Å². The quantitative estimate of drug-likeness (QED) is 0.706. The van der Waals surface area contributed by atoms with Gasteiger partial charge in [-0.1, -0.05) is 29.8 Å². The van der Waals surface area contributed by atoms with Crippen LogP contribution in [0.5, 0.6) is 0 Å². The van der Waals surface area contributed by atoms with Gasteiger partial charge in [-0.3, -0.25) is 0 Å². The predicted octanol–water partition coefficient (Wildman–Crippen LogP) is 2.72. The summed E-state index contributed by atoms with van der Waals surface area (Å²) in [6.07, 6.45) is 1.85. The molecule has 1 aromatic carbocycles. The monoisotopic (exact) mass is 178 g/mol. The lowest BCUT2D eigenvalue weighted by Crippen LogP contribution is -1.88. The predicted molar refractivity (Wildman–Crippen MR) is 57.8 cm³/mol. The van der Waals surface area contributed by atoms with Crippen molar-refractivity contribution in [3.8, 4) is 0 Å².